The van der Waals surface area contributed by atoms with Gasteiger partial charge in [-0.25, -0.2) is 4.39 Å². The summed E-state index contributed by atoms with van der Waals surface area (Å²) in [5.74, 6) is -0.416. The van der Waals surface area contributed by atoms with Crippen LogP contribution in [0, 0.1) is 11.0 Å². The van der Waals surface area contributed by atoms with Crippen molar-refractivity contribution in [1.82, 2.24) is 0 Å². The fraction of sp³-hybridized carbons (Fsp3) is 0. The molecule has 72 valence electrons. The van der Waals surface area contributed by atoms with E-state index in [1.807, 2.05) is 0 Å². The molecule has 0 saturated carbocycles. The van der Waals surface area contributed by atoms with Crippen LogP contribution in [0.15, 0.2) is 33.3 Å². The maximum Gasteiger partial charge on any atom is 0.227 e. The molecule has 0 aliphatic carbocycles. The Morgan fingerprint density at radius 2 is 1.86 bits per heavy atom. The minimum absolute atomic E-state index is 0.303. The topological polar surface area (TPSA) is 26.9 Å². The molecule has 0 N–H and O–H groups in total. The summed E-state index contributed by atoms with van der Waals surface area (Å²) in [5, 5.41) is 11.7. The van der Waals surface area contributed by atoms with Gasteiger partial charge in [0.25, 0.3) is 0 Å². The van der Waals surface area contributed by atoms with Gasteiger partial charge in [-0.3, -0.25) is 0 Å². The van der Waals surface area contributed by atoms with Crippen LogP contribution in [0.3, 0.4) is 0 Å². The molecule has 0 atom stereocenters. The summed E-state index contributed by atoms with van der Waals surface area (Å²) in [5.41, 5.74) is 0.306. The van der Waals surface area contributed by atoms with Crippen molar-refractivity contribution in [2.24, 2.45) is 0 Å². The van der Waals surface area contributed by atoms with Crippen LogP contribution in [0.1, 0.15) is 0 Å². The van der Waals surface area contributed by atoms with Crippen molar-refractivity contribution >= 4 is 42.8 Å². The van der Waals surface area contributed by atoms with E-state index in [4.69, 9.17) is 0 Å². The van der Waals surface area contributed by atoms with E-state index in [9.17, 15) is 9.60 Å². The highest BCUT2D eigenvalue weighted by Gasteiger charge is 2.11. The van der Waals surface area contributed by atoms with Crippen LogP contribution in [0.5, 0.6) is 0 Å². The molecule has 2 rings (SSSR count). The van der Waals surface area contributed by atoms with E-state index in [-0.39, 0.29) is 0 Å². The Labute approximate surface area is 96.2 Å². The molecular weight excluding hydrogens is 317 g/mol. The molecule has 1 aromatic carbocycles. The SMILES string of the molecule is [O-][n+]1cc(Br)cc2c(F)cc(Br)cc21. The molecule has 0 spiro atoms. The first kappa shape index (κ1) is 9.86. The number of rotatable bonds is 0. The Kier molecular flexibility index (Phi) is 2.45. The van der Waals surface area contributed by atoms with Crippen LogP contribution in [0.4, 0.5) is 4.39 Å². The van der Waals surface area contributed by atoms with Gasteiger partial charge in [0, 0.05) is 10.5 Å². The van der Waals surface area contributed by atoms with Gasteiger partial charge in [0.2, 0.25) is 5.52 Å². The lowest BCUT2D eigenvalue weighted by molar-refractivity contribution is -0.577. The number of fused-ring (bicyclic) bond motifs is 1. The highest BCUT2D eigenvalue weighted by Crippen LogP contribution is 2.23. The Hall–Kier alpha value is -0.680. The van der Waals surface area contributed by atoms with Crippen LogP contribution >= 0.6 is 31.9 Å². The second kappa shape index (κ2) is 3.47. The zero-order chi connectivity index (χ0) is 10.3. The maximum atomic E-state index is 13.4. The fourth-order valence-corrected chi connectivity index (χ4v) is 2.09. The molecule has 2 nitrogen and oxygen atoms in total. The first-order valence-electron chi connectivity index (χ1n) is 3.75. The summed E-state index contributed by atoms with van der Waals surface area (Å²) in [6.07, 6.45) is 1.34. The minimum atomic E-state index is -0.416. The Balaban J connectivity index is 2.94. The lowest BCUT2D eigenvalue weighted by atomic mass is 10.2. The number of halogens is 3. The molecule has 5 heteroatoms. The van der Waals surface area contributed by atoms with Crippen molar-refractivity contribution in [3.63, 3.8) is 0 Å². The molecule has 2 aromatic rings. The van der Waals surface area contributed by atoms with E-state index in [0.717, 1.165) is 0 Å². The molecule has 0 bridgehead atoms. The first-order valence-corrected chi connectivity index (χ1v) is 5.34. The van der Waals surface area contributed by atoms with Crippen molar-refractivity contribution in [2.45, 2.75) is 0 Å². The number of aromatic nitrogens is 1. The lowest BCUT2D eigenvalue weighted by Crippen LogP contribution is -2.26. The van der Waals surface area contributed by atoms with E-state index in [1.54, 1.807) is 12.1 Å². The monoisotopic (exact) mass is 319 g/mol. The lowest BCUT2D eigenvalue weighted by Gasteiger charge is -2.03. The van der Waals surface area contributed by atoms with Gasteiger partial charge in [0.15, 0.2) is 6.20 Å². The average molecular weight is 321 g/mol. The molecule has 14 heavy (non-hydrogen) atoms. The summed E-state index contributed by atoms with van der Waals surface area (Å²) in [6.45, 7) is 0. The van der Waals surface area contributed by atoms with Crippen LogP contribution in [-0.4, -0.2) is 0 Å². The van der Waals surface area contributed by atoms with Gasteiger partial charge in [-0.05, 0) is 28.1 Å². The fourth-order valence-electron chi connectivity index (χ4n) is 1.25. The van der Waals surface area contributed by atoms with Crippen molar-refractivity contribution in [3.05, 3.63) is 44.4 Å². The van der Waals surface area contributed by atoms with Crippen LogP contribution in [-0.2, 0) is 0 Å². The van der Waals surface area contributed by atoms with E-state index in [0.29, 0.717) is 24.6 Å². The van der Waals surface area contributed by atoms with E-state index < -0.39 is 5.82 Å². The van der Waals surface area contributed by atoms with Gasteiger partial charge in [0.05, 0.1) is 9.86 Å². The largest absolute Gasteiger partial charge is 0.618 e. The normalized spacial score (nSPS) is 10.8. The van der Waals surface area contributed by atoms with Gasteiger partial charge in [0.1, 0.15) is 5.82 Å². The summed E-state index contributed by atoms with van der Waals surface area (Å²) < 4.78 is 15.1. The number of benzene rings is 1. The van der Waals surface area contributed by atoms with E-state index in [1.165, 1.54) is 12.3 Å². The predicted octanol–water partition coefficient (Wildman–Crippen LogP) is 3.14. The second-order valence-electron chi connectivity index (χ2n) is 2.80. The van der Waals surface area contributed by atoms with Gasteiger partial charge < -0.3 is 5.21 Å². The Morgan fingerprint density at radius 3 is 2.57 bits per heavy atom. The van der Waals surface area contributed by atoms with E-state index in [2.05, 4.69) is 31.9 Å². The van der Waals surface area contributed by atoms with Gasteiger partial charge in [-0.2, -0.15) is 4.73 Å². The highest BCUT2D eigenvalue weighted by atomic mass is 79.9. The first-order chi connectivity index (χ1) is 6.58. The molecule has 0 radical (unpaired) electrons. The van der Waals surface area contributed by atoms with E-state index >= 15 is 0 Å². The third-order valence-electron chi connectivity index (χ3n) is 1.83. The molecule has 0 saturated heterocycles. The summed E-state index contributed by atoms with van der Waals surface area (Å²) in [6, 6.07) is 4.48. The quantitative estimate of drug-likeness (QED) is 0.541. The third kappa shape index (κ3) is 1.62. The Bertz CT molecular complexity index is 468. The molecule has 0 aliphatic heterocycles. The smallest absolute Gasteiger partial charge is 0.227 e. The van der Waals surface area contributed by atoms with Crippen LogP contribution in [0.25, 0.3) is 10.9 Å². The zero-order valence-corrected chi connectivity index (χ0v) is 9.97. The zero-order valence-electron chi connectivity index (χ0n) is 6.80. The van der Waals surface area contributed by atoms with Crippen molar-refractivity contribution in [1.29, 1.82) is 0 Å². The second-order valence-corrected chi connectivity index (χ2v) is 4.64. The number of nitrogens with zero attached hydrogens (tertiary/aromatic N) is 1. The average Bonchev–Trinajstić information content (AvgIpc) is 2.07. The predicted molar refractivity (Wildman–Crippen MR) is 58.3 cm³/mol. The van der Waals surface area contributed by atoms with Gasteiger partial charge >= 0.3 is 0 Å². The van der Waals surface area contributed by atoms with Crippen molar-refractivity contribution in [3.8, 4) is 0 Å². The number of hydrogen-bond donors (Lipinski definition) is 0. The molecule has 0 fully saturated rings. The highest BCUT2D eigenvalue weighted by molar-refractivity contribution is 9.10. The minimum Gasteiger partial charge on any atom is -0.618 e. The van der Waals surface area contributed by atoms with Gasteiger partial charge in [-0.1, -0.05) is 15.9 Å². The molecule has 0 amide bonds. The maximum absolute atomic E-state index is 13.4. The molecule has 0 aliphatic rings. The van der Waals surface area contributed by atoms with Crippen molar-refractivity contribution in [2.75, 3.05) is 0 Å². The molecule has 1 aromatic heterocycles. The number of pyridine rings is 1. The summed E-state index contributed by atoms with van der Waals surface area (Å²) in [7, 11) is 0. The Morgan fingerprint density at radius 1 is 1.14 bits per heavy atom. The summed E-state index contributed by atoms with van der Waals surface area (Å²) >= 11 is 6.27. The van der Waals surface area contributed by atoms with Crippen LogP contribution in [0.2, 0.25) is 0 Å². The molecule has 1 heterocycles. The standard InChI is InChI=1S/C9H4Br2FNO/c10-5-2-8(12)7-1-6(11)4-13(14)9(7)3-5/h1-4H. The van der Waals surface area contributed by atoms with Crippen LogP contribution < -0.4 is 4.73 Å². The molecule has 0 unspecified atom stereocenters. The van der Waals surface area contributed by atoms with Crippen molar-refractivity contribution < 1.29 is 9.12 Å². The number of hydrogen-bond acceptors (Lipinski definition) is 1. The summed E-state index contributed by atoms with van der Waals surface area (Å²) in [4.78, 5) is 0. The third-order valence-corrected chi connectivity index (χ3v) is 2.72. The molecular formula is C9H4Br2FNO. The van der Waals surface area contributed by atoms with Gasteiger partial charge in [-0.15, -0.1) is 0 Å².